The average molecular weight is 365 g/mol. The van der Waals surface area contributed by atoms with Gasteiger partial charge >= 0.3 is 0 Å². The van der Waals surface area contributed by atoms with Crippen LogP contribution in [-0.4, -0.2) is 21.9 Å². The number of carbonyl (C=O) groups is 1. The van der Waals surface area contributed by atoms with E-state index in [1.54, 1.807) is 30.5 Å². The summed E-state index contributed by atoms with van der Waals surface area (Å²) in [5, 5.41) is 7.08. The lowest BCUT2D eigenvalue weighted by Crippen LogP contribution is -2.36. The Kier molecular flexibility index (Phi) is 5.53. The minimum atomic E-state index is -0.170. The van der Waals surface area contributed by atoms with Crippen molar-refractivity contribution in [3.8, 4) is 0 Å². The lowest BCUT2D eigenvalue weighted by Gasteiger charge is -2.22. The molecule has 0 unspecified atom stereocenters. The van der Waals surface area contributed by atoms with Crippen LogP contribution in [0.2, 0.25) is 10.0 Å². The van der Waals surface area contributed by atoms with Gasteiger partial charge in [0.15, 0.2) is 0 Å². The molecule has 24 heavy (non-hydrogen) atoms. The first-order valence-corrected chi connectivity index (χ1v) is 8.73. The summed E-state index contributed by atoms with van der Waals surface area (Å²) in [6.07, 6.45) is 7.19. The largest absolute Gasteiger partial charge is 0.348 e. The van der Waals surface area contributed by atoms with Crippen LogP contribution in [0, 0.1) is 0 Å². The summed E-state index contributed by atoms with van der Waals surface area (Å²) in [7, 11) is 0. The van der Waals surface area contributed by atoms with Gasteiger partial charge in [-0.05, 0) is 37.1 Å². The number of amides is 1. The van der Waals surface area contributed by atoms with E-state index in [2.05, 4.69) is 20.6 Å². The maximum atomic E-state index is 12.4. The van der Waals surface area contributed by atoms with Gasteiger partial charge in [0.25, 0.3) is 5.91 Å². The molecule has 1 aromatic carbocycles. The molecule has 0 spiro atoms. The van der Waals surface area contributed by atoms with Gasteiger partial charge in [0.05, 0.1) is 0 Å². The molecule has 1 saturated carbocycles. The summed E-state index contributed by atoms with van der Waals surface area (Å²) in [6, 6.07) is 6.92. The number of rotatable bonds is 4. The van der Waals surface area contributed by atoms with E-state index in [1.807, 2.05) is 0 Å². The SMILES string of the molecule is O=C(NC1CCCCC1)c1ccnc(Nc2cc(Cl)cc(Cl)c2)n1. The number of anilines is 2. The first-order chi connectivity index (χ1) is 11.6. The Morgan fingerprint density at radius 1 is 1.08 bits per heavy atom. The molecular weight excluding hydrogens is 347 g/mol. The van der Waals surface area contributed by atoms with Crippen molar-refractivity contribution in [2.45, 2.75) is 38.1 Å². The third kappa shape index (κ3) is 4.58. The molecule has 1 aromatic heterocycles. The normalized spacial score (nSPS) is 15.1. The van der Waals surface area contributed by atoms with E-state index in [0.717, 1.165) is 25.7 Å². The van der Waals surface area contributed by atoms with Crippen LogP contribution in [0.25, 0.3) is 0 Å². The highest BCUT2D eigenvalue weighted by Crippen LogP contribution is 2.24. The summed E-state index contributed by atoms with van der Waals surface area (Å²) in [4.78, 5) is 20.8. The molecule has 1 aliphatic rings. The summed E-state index contributed by atoms with van der Waals surface area (Å²) < 4.78 is 0. The molecule has 7 heteroatoms. The molecule has 1 aliphatic carbocycles. The number of halogens is 2. The first kappa shape index (κ1) is 17.0. The molecule has 3 rings (SSSR count). The quantitative estimate of drug-likeness (QED) is 0.832. The van der Waals surface area contributed by atoms with Gasteiger partial charge in [-0.2, -0.15) is 0 Å². The predicted octanol–water partition coefficient (Wildman–Crippen LogP) is 4.59. The molecule has 2 N–H and O–H groups in total. The zero-order valence-corrected chi connectivity index (χ0v) is 14.6. The van der Waals surface area contributed by atoms with Crippen molar-refractivity contribution in [3.05, 3.63) is 46.2 Å². The van der Waals surface area contributed by atoms with Gasteiger partial charge in [-0.15, -0.1) is 0 Å². The molecule has 2 aromatic rings. The van der Waals surface area contributed by atoms with E-state index in [4.69, 9.17) is 23.2 Å². The summed E-state index contributed by atoms with van der Waals surface area (Å²) in [5.41, 5.74) is 1.00. The fraction of sp³-hybridized carbons (Fsp3) is 0.353. The summed E-state index contributed by atoms with van der Waals surface area (Å²) in [6.45, 7) is 0. The standard InChI is InChI=1S/C17H18Cl2N4O/c18-11-8-12(19)10-14(9-11)22-17-20-7-6-15(23-17)16(24)21-13-4-2-1-3-5-13/h6-10,13H,1-5H2,(H,21,24)(H,20,22,23). The van der Waals surface area contributed by atoms with Gasteiger partial charge in [0.2, 0.25) is 5.95 Å². The van der Waals surface area contributed by atoms with E-state index < -0.39 is 0 Å². The topological polar surface area (TPSA) is 66.9 Å². The van der Waals surface area contributed by atoms with Crippen molar-refractivity contribution in [2.24, 2.45) is 0 Å². The third-order valence-corrected chi connectivity index (χ3v) is 4.38. The molecule has 0 radical (unpaired) electrons. The average Bonchev–Trinajstić information content (AvgIpc) is 2.55. The Balaban J connectivity index is 1.70. The highest BCUT2D eigenvalue weighted by atomic mass is 35.5. The highest BCUT2D eigenvalue weighted by Gasteiger charge is 2.17. The van der Waals surface area contributed by atoms with Crippen LogP contribution in [0.1, 0.15) is 42.6 Å². The Bertz CT molecular complexity index is 712. The van der Waals surface area contributed by atoms with E-state index in [9.17, 15) is 4.79 Å². The first-order valence-electron chi connectivity index (χ1n) is 7.97. The monoisotopic (exact) mass is 364 g/mol. The lowest BCUT2D eigenvalue weighted by atomic mass is 9.95. The van der Waals surface area contributed by atoms with Gasteiger partial charge in [-0.1, -0.05) is 42.5 Å². The Hall–Kier alpha value is -1.85. The summed E-state index contributed by atoms with van der Waals surface area (Å²) >= 11 is 12.0. The summed E-state index contributed by atoms with van der Waals surface area (Å²) in [5.74, 6) is 0.154. The lowest BCUT2D eigenvalue weighted by molar-refractivity contribution is 0.0922. The molecule has 1 amide bonds. The Labute approximate surface area is 150 Å². The molecule has 0 saturated heterocycles. The smallest absolute Gasteiger partial charge is 0.270 e. The van der Waals surface area contributed by atoms with Crippen LogP contribution in [0.3, 0.4) is 0 Å². The van der Waals surface area contributed by atoms with Crippen LogP contribution in [0.4, 0.5) is 11.6 Å². The van der Waals surface area contributed by atoms with Crippen molar-refractivity contribution >= 4 is 40.7 Å². The Morgan fingerprint density at radius 3 is 2.50 bits per heavy atom. The number of nitrogens with one attached hydrogen (secondary N) is 2. The van der Waals surface area contributed by atoms with Gasteiger partial charge in [-0.25, -0.2) is 9.97 Å². The highest BCUT2D eigenvalue weighted by molar-refractivity contribution is 6.35. The van der Waals surface area contributed by atoms with Crippen LogP contribution < -0.4 is 10.6 Å². The van der Waals surface area contributed by atoms with E-state index in [0.29, 0.717) is 27.4 Å². The zero-order chi connectivity index (χ0) is 16.9. The van der Waals surface area contributed by atoms with Crippen molar-refractivity contribution in [3.63, 3.8) is 0 Å². The molecule has 0 aliphatic heterocycles. The number of nitrogens with zero attached hydrogens (tertiary/aromatic N) is 2. The maximum Gasteiger partial charge on any atom is 0.270 e. The number of benzene rings is 1. The molecular formula is C17H18Cl2N4O. The van der Waals surface area contributed by atoms with Crippen molar-refractivity contribution in [1.29, 1.82) is 0 Å². The second-order valence-corrected chi connectivity index (χ2v) is 6.73. The van der Waals surface area contributed by atoms with Crippen molar-refractivity contribution < 1.29 is 4.79 Å². The second kappa shape index (κ2) is 7.81. The van der Waals surface area contributed by atoms with E-state index in [-0.39, 0.29) is 11.9 Å². The Morgan fingerprint density at radius 2 is 1.79 bits per heavy atom. The fourth-order valence-corrected chi connectivity index (χ4v) is 3.33. The number of hydrogen-bond donors (Lipinski definition) is 2. The molecule has 1 fully saturated rings. The van der Waals surface area contributed by atoms with Gasteiger partial charge < -0.3 is 10.6 Å². The van der Waals surface area contributed by atoms with Crippen LogP contribution >= 0.6 is 23.2 Å². The minimum absolute atomic E-state index is 0.170. The molecule has 5 nitrogen and oxygen atoms in total. The molecule has 0 atom stereocenters. The minimum Gasteiger partial charge on any atom is -0.348 e. The fourth-order valence-electron chi connectivity index (χ4n) is 2.81. The molecule has 126 valence electrons. The third-order valence-electron chi connectivity index (χ3n) is 3.95. The van der Waals surface area contributed by atoms with Crippen LogP contribution in [-0.2, 0) is 0 Å². The predicted molar refractivity (Wildman–Crippen MR) is 96.1 cm³/mol. The number of carbonyl (C=O) groups excluding carboxylic acids is 1. The second-order valence-electron chi connectivity index (χ2n) is 5.86. The number of hydrogen-bond acceptors (Lipinski definition) is 4. The van der Waals surface area contributed by atoms with Gasteiger partial charge in [-0.3, -0.25) is 4.79 Å². The van der Waals surface area contributed by atoms with Crippen molar-refractivity contribution in [2.75, 3.05) is 5.32 Å². The van der Waals surface area contributed by atoms with E-state index in [1.165, 1.54) is 6.42 Å². The van der Waals surface area contributed by atoms with Gasteiger partial charge in [0, 0.05) is 28.0 Å². The van der Waals surface area contributed by atoms with Crippen LogP contribution in [0.5, 0.6) is 0 Å². The molecule has 0 bridgehead atoms. The molecule has 1 heterocycles. The van der Waals surface area contributed by atoms with Crippen LogP contribution in [0.15, 0.2) is 30.5 Å². The number of aromatic nitrogens is 2. The van der Waals surface area contributed by atoms with Crippen molar-refractivity contribution in [1.82, 2.24) is 15.3 Å². The zero-order valence-electron chi connectivity index (χ0n) is 13.1. The van der Waals surface area contributed by atoms with E-state index >= 15 is 0 Å². The maximum absolute atomic E-state index is 12.4. The van der Waals surface area contributed by atoms with Gasteiger partial charge in [0.1, 0.15) is 5.69 Å².